The van der Waals surface area contributed by atoms with Crippen LogP contribution in [0.25, 0.3) is 34.5 Å². The second-order valence-corrected chi connectivity index (χ2v) is 8.16. The van der Waals surface area contributed by atoms with E-state index in [0.29, 0.717) is 6.61 Å². The Kier molecular flexibility index (Phi) is 6.77. The minimum Gasteiger partial charge on any atom is -0.488 e. The van der Waals surface area contributed by atoms with Gasteiger partial charge in [-0.2, -0.15) is 0 Å². The zero-order chi connectivity index (χ0) is 23.9. The number of aromatic nitrogens is 1. The molecule has 1 heterocycles. The molecule has 1 aromatic heterocycles. The Morgan fingerprint density at radius 2 is 1.31 bits per heavy atom. The molecule has 0 saturated carbocycles. The Hall–Kier alpha value is -4.50. The highest BCUT2D eigenvalue weighted by Gasteiger charge is 2.15. The number of para-hydroxylation sites is 1. The van der Waals surface area contributed by atoms with Gasteiger partial charge in [0.15, 0.2) is 0 Å². The SMILES string of the molecule is Fc1ccc(COc2c(-c3ccccc3)cccc2-c2cccc(C=Cc3ccccc3)n2)cc1. The van der Waals surface area contributed by atoms with Gasteiger partial charge >= 0.3 is 0 Å². The number of nitrogens with zero attached hydrogens (tertiary/aromatic N) is 1. The first-order valence-corrected chi connectivity index (χ1v) is 11.5. The minimum atomic E-state index is -0.260. The van der Waals surface area contributed by atoms with Gasteiger partial charge in [-0.15, -0.1) is 0 Å². The first kappa shape index (κ1) is 22.3. The molecular formula is C32H24FNO. The van der Waals surface area contributed by atoms with Crippen LogP contribution in [0.1, 0.15) is 16.8 Å². The summed E-state index contributed by atoms with van der Waals surface area (Å²) < 4.78 is 19.8. The normalized spacial score (nSPS) is 11.0. The van der Waals surface area contributed by atoms with E-state index in [1.807, 2.05) is 72.8 Å². The van der Waals surface area contributed by atoms with Crippen molar-refractivity contribution in [3.8, 4) is 28.1 Å². The van der Waals surface area contributed by atoms with E-state index in [-0.39, 0.29) is 5.82 Å². The van der Waals surface area contributed by atoms with Crippen LogP contribution >= 0.6 is 0 Å². The number of rotatable bonds is 7. The van der Waals surface area contributed by atoms with Crippen molar-refractivity contribution in [3.05, 3.63) is 144 Å². The molecule has 3 heteroatoms. The summed E-state index contributed by atoms with van der Waals surface area (Å²) in [6, 6.07) is 38.8. The number of ether oxygens (including phenoxy) is 1. The van der Waals surface area contributed by atoms with Crippen molar-refractivity contribution in [3.63, 3.8) is 0 Å². The van der Waals surface area contributed by atoms with Crippen molar-refractivity contribution in [1.82, 2.24) is 4.98 Å². The summed E-state index contributed by atoms with van der Waals surface area (Å²) >= 11 is 0. The van der Waals surface area contributed by atoms with Crippen LogP contribution in [0.2, 0.25) is 0 Å². The molecule has 0 fully saturated rings. The Morgan fingerprint density at radius 1 is 0.629 bits per heavy atom. The lowest BCUT2D eigenvalue weighted by Crippen LogP contribution is -2.00. The van der Waals surface area contributed by atoms with Gasteiger partial charge in [-0.25, -0.2) is 9.37 Å². The molecule has 0 amide bonds. The summed E-state index contributed by atoms with van der Waals surface area (Å²) in [6.45, 7) is 0.324. The summed E-state index contributed by atoms with van der Waals surface area (Å²) in [4.78, 5) is 4.90. The van der Waals surface area contributed by atoms with Crippen LogP contribution in [0.3, 0.4) is 0 Å². The molecule has 0 unspecified atom stereocenters. The Labute approximate surface area is 205 Å². The molecule has 35 heavy (non-hydrogen) atoms. The molecule has 0 spiro atoms. The van der Waals surface area contributed by atoms with Crippen molar-refractivity contribution < 1.29 is 9.13 Å². The average Bonchev–Trinajstić information content (AvgIpc) is 2.93. The molecule has 2 nitrogen and oxygen atoms in total. The molecule has 0 aliphatic rings. The standard InChI is InChI=1S/C32H24FNO/c33-27-20-17-25(18-21-27)23-35-32-29(26-11-5-2-6-12-26)14-8-15-30(32)31-16-7-13-28(34-31)22-19-24-9-3-1-4-10-24/h1-22H,23H2. The molecule has 170 valence electrons. The summed E-state index contributed by atoms with van der Waals surface area (Å²) in [6.07, 6.45) is 4.07. The highest BCUT2D eigenvalue weighted by atomic mass is 19.1. The lowest BCUT2D eigenvalue weighted by Gasteiger charge is -2.16. The molecule has 0 atom stereocenters. The molecule has 0 bridgehead atoms. The van der Waals surface area contributed by atoms with E-state index in [0.717, 1.165) is 45.0 Å². The van der Waals surface area contributed by atoms with Gasteiger partial charge in [0.25, 0.3) is 0 Å². The highest BCUT2D eigenvalue weighted by molar-refractivity contribution is 5.81. The van der Waals surface area contributed by atoms with Crippen LogP contribution in [-0.4, -0.2) is 4.98 Å². The number of halogens is 1. The van der Waals surface area contributed by atoms with Gasteiger partial charge in [0.2, 0.25) is 0 Å². The van der Waals surface area contributed by atoms with Gasteiger partial charge in [-0.3, -0.25) is 0 Å². The second-order valence-electron chi connectivity index (χ2n) is 8.16. The summed E-state index contributed by atoms with van der Waals surface area (Å²) in [7, 11) is 0. The predicted octanol–water partition coefficient (Wildman–Crippen LogP) is 8.30. The Bertz CT molecular complexity index is 1430. The van der Waals surface area contributed by atoms with Crippen LogP contribution < -0.4 is 4.74 Å². The third-order valence-electron chi connectivity index (χ3n) is 5.69. The first-order chi connectivity index (χ1) is 17.3. The fourth-order valence-corrected chi connectivity index (χ4v) is 3.92. The average molecular weight is 458 g/mol. The van der Waals surface area contributed by atoms with Crippen molar-refractivity contribution in [2.24, 2.45) is 0 Å². The number of pyridine rings is 1. The molecule has 0 saturated heterocycles. The second kappa shape index (κ2) is 10.6. The maximum Gasteiger partial charge on any atom is 0.137 e. The van der Waals surface area contributed by atoms with Crippen LogP contribution in [0.5, 0.6) is 5.75 Å². The molecule has 0 aliphatic heterocycles. The topological polar surface area (TPSA) is 22.1 Å². The molecule has 4 aromatic carbocycles. The van der Waals surface area contributed by atoms with E-state index in [4.69, 9.17) is 9.72 Å². The lowest BCUT2D eigenvalue weighted by molar-refractivity contribution is 0.308. The lowest BCUT2D eigenvalue weighted by atomic mass is 9.99. The quantitative estimate of drug-likeness (QED) is 0.245. The van der Waals surface area contributed by atoms with Crippen molar-refractivity contribution >= 4 is 12.2 Å². The fourth-order valence-electron chi connectivity index (χ4n) is 3.92. The summed E-state index contributed by atoms with van der Waals surface area (Å²) in [5, 5.41) is 0. The zero-order valence-corrected chi connectivity index (χ0v) is 19.1. The van der Waals surface area contributed by atoms with Crippen LogP contribution in [-0.2, 0) is 6.61 Å². The predicted molar refractivity (Wildman–Crippen MR) is 141 cm³/mol. The molecule has 0 aliphatic carbocycles. The third kappa shape index (κ3) is 5.53. The first-order valence-electron chi connectivity index (χ1n) is 11.5. The largest absolute Gasteiger partial charge is 0.488 e. The maximum atomic E-state index is 13.4. The molecule has 5 aromatic rings. The molecule has 0 radical (unpaired) electrons. The third-order valence-corrected chi connectivity index (χ3v) is 5.69. The van der Waals surface area contributed by atoms with Gasteiger partial charge in [-0.05, 0) is 53.1 Å². The van der Waals surface area contributed by atoms with Gasteiger partial charge in [-0.1, -0.05) is 97.1 Å². The molecule has 5 rings (SSSR count). The van der Waals surface area contributed by atoms with Crippen LogP contribution in [0.15, 0.2) is 121 Å². The van der Waals surface area contributed by atoms with E-state index in [1.165, 1.54) is 12.1 Å². The van der Waals surface area contributed by atoms with Crippen molar-refractivity contribution in [2.45, 2.75) is 6.61 Å². The number of hydrogen-bond donors (Lipinski definition) is 0. The van der Waals surface area contributed by atoms with Gasteiger partial charge < -0.3 is 4.74 Å². The monoisotopic (exact) mass is 457 g/mol. The maximum absolute atomic E-state index is 13.4. The van der Waals surface area contributed by atoms with E-state index in [2.05, 4.69) is 36.4 Å². The molecule has 0 N–H and O–H groups in total. The van der Waals surface area contributed by atoms with E-state index in [1.54, 1.807) is 12.1 Å². The summed E-state index contributed by atoms with van der Waals surface area (Å²) in [5.74, 6) is 0.489. The van der Waals surface area contributed by atoms with Gasteiger partial charge in [0.05, 0.1) is 11.4 Å². The Morgan fingerprint density at radius 3 is 2.09 bits per heavy atom. The highest BCUT2D eigenvalue weighted by Crippen LogP contribution is 2.39. The van der Waals surface area contributed by atoms with E-state index >= 15 is 0 Å². The number of hydrogen-bond acceptors (Lipinski definition) is 2. The minimum absolute atomic E-state index is 0.260. The zero-order valence-electron chi connectivity index (χ0n) is 19.1. The van der Waals surface area contributed by atoms with Gasteiger partial charge in [0.1, 0.15) is 18.2 Å². The van der Waals surface area contributed by atoms with Crippen molar-refractivity contribution in [2.75, 3.05) is 0 Å². The smallest absolute Gasteiger partial charge is 0.137 e. The van der Waals surface area contributed by atoms with E-state index < -0.39 is 0 Å². The van der Waals surface area contributed by atoms with Crippen LogP contribution in [0, 0.1) is 5.82 Å². The van der Waals surface area contributed by atoms with Crippen LogP contribution in [0.4, 0.5) is 4.39 Å². The summed E-state index contributed by atoms with van der Waals surface area (Å²) in [5.41, 5.74) is 6.65. The number of benzene rings is 4. The van der Waals surface area contributed by atoms with Crippen molar-refractivity contribution in [1.29, 1.82) is 0 Å². The van der Waals surface area contributed by atoms with E-state index in [9.17, 15) is 4.39 Å². The van der Waals surface area contributed by atoms with Gasteiger partial charge in [0, 0.05) is 11.1 Å². The molecular weight excluding hydrogens is 433 g/mol. The Balaban J connectivity index is 1.53. The fraction of sp³-hybridized carbons (Fsp3) is 0.0312.